The second-order valence-electron chi connectivity index (χ2n) is 4.17. The quantitative estimate of drug-likeness (QED) is 0.502. The molecule has 1 aromatic heterocycles. The first kappa shape index (κ1) is 14.8. The van der Waals surface area contributed by atoms with E-state index in [2.05, 4.69) is 10.5 Å². The van der Waals surface area contributed by atoms with Gasteiger partial charge in [0.2, 0.25) is 5.91 Å². The van der Waals surface area contributed by atoms with Crippen molar-refractivity contribution < 1.29 is 4.79 Å². The molecule has 0 aliphatic heterocycles. The Morgan fingerprint density at radius 2 is 2.15 bits per heavy atom. The fourth-order valence-corrected chi connectivity index (χ4v) is 3.17. The van der Waals surface area contributed by atoms with E-state index in [1.165, 1.54) is 10.5 Å². The van der Waals surface area contributed by atoms with Gasteiger partial charge in [0.05, 0.1) is 6.21 Å². The number of nitrogens with zero attached hydrogens (tertiary/aromatic N) is 1. The van der Waals surface area contributed by atoms with Crippen molar-refractivity contribution >= 4 is 35.2 Å². The molecule has 0 bridgehead atoms. The van der Waals surface area contributed by atoms with Crippen molar-refractivity contribution in [2.45, 2.75) is 18.2 Å². The van der Waals surface area contributed by atoms with Gasteiger partial charge in [0.15, 0.2) is 0 Å². The molecule has 0 aliphatic rings. The predicted octanol–water partition coefficient (Wildman–Crippen LogP) is 3.69. The van der Waals surface area contributed by atoms with Gasteiger partial charge in [-0.1, -0.05) is 18.2 Å². The van der Waals surface area contributed by atoms with Gasteiger partial charge in [-0.25, -0.2) is 5.43 Å². The number of hydrazone groups is 1. The highest BCUT2D eigenvalue weighted by Gasteiger charge is 2.01. The van der Waals surface area contributed by atoms with Crippen LogP contribution in [-0.4, -0.2) is 17.9 Å². The van der Waals surface area contributed by atoms with Crippen LogP contribution in [0.5, 0.6) is 0 Å². The van der Waals surface area contributed by atoms with E-state index in [0.29, 0.717) is 6.42 Å². The van der Waals surface area contributed by atoms with Gasteiger partial charge in [-0.05, 0) is 36.1 Å². The summed E-state index contributed by atoms with van der Waals surface area (Å²) >= 11 is 3.28. The van der Waals surface area contributed by atoms with Crippen molar-refractivity contribution in [3.8, 4) is 0 Å². The molecule has 1 heterocycles. The molecule has 2 rings (SSSR count). The monoisotopic (exact) mass is 304 g/mol. The third-order valence-corrected chi connectivity index (χ3v) is 4.58. The van der Waals surface area contributed by atoms with Crippen LogP contribution in [0.25, 0.3) is 0 Å². The van der Waals surface area contributed by atoms with Crippen LogP contribution in [-0.2, 0) is 4.79 Å². The Balaban J connectivity index is 1.68. The van der Waals surface area contributed by atoms with E-state index in [9.17, 15) is 4.79 Å². The van der Waals surface area contributed by atoms with E-state index in [1.807, 2.05) is 48.7 Å². The molecular weight excluding hydrogens is 288 g/mol. The molecule has 1 N–H and O–H groups in total. The lowest BCUT2D eigenvalue weighted by atomic mass is 10.3. The number of carbonyl (C=O) groups excluding carboxylic acids is 1. The Bertz CT molecular complexity index is 579. The van der Waals surface area contributed by atoms with E-state index in [1.54, 1.807) is 29.3 Å². The SMILES string of the molecule is Cc1ccsc1/C=N/NC(=O)CCSc1ccccc1. The molecule has 104 valence electrons. The minimum Gasteiger partial charge on any atom is -0.273 e. The predicted molar refractivity (Wildman–Crippen MR) is 86.6 cm³/mol. The lowest BCUT2D eigenvalue weighted by Gasteiger charge is -2.00. The molecule has 3 nitrogen and oxygen atoms in total. The van der Waals surface area contributed by atoms with Crippen molar-refractivity contribution in [1.29, 1.82) is 0 Å². The van der Waals surface area contributed by atoms with Crippen molar-refractivity contribution in [1.82, 2.24) is 5.43 Å². The molecule has 1 aromatic carbocycles. The molecular formula is C15H16N2OS2. The van der Waals surface area contributed by atoms with Crippen molar-refractivity contribution in [2.24, 2.45) is 5.10 Å². The lowest BCUT2D eigenvalue weighted by molar-refractivity contribution is -0.120. The van der Waals surface area contributed by atoms with Crippen LogP contribution in [0.3, 0.4) is 0 Å². The van der Waals surface area contributed by atoms with Gasteiger partial charge in [0.1, 0.15) is 0 Å². The number of aryl methyl sites for hydroxylation is 1. The molecule has 0 spiro atoms. The Morgan fingerprint density at radius 3 is 2.85 bits per heavy atom. The molecule has 1 amide bonds. The third kappa shape index (κ3) is 4.83. The standard InChI is InChI=1S/C15H16N2OS2/c1-12-7-9-20-14(12)11-16-17-15(18)8-10-19-13-5-3-2-4-6-13/h2-7,9,11H,8,10H2,1H3,(H,17,18)/b16-11+. The molecule has 2 aromatic rings. The zero-order valence-electron chi connectivity index (χ0n) is 11.2. The molecule has 0 fully saturated rings. The molecule has 0 saturated carbocycles. The molecule has 0 saturated heterocycles. The fourth-order valence-electron chi connectivity index (χ4n) is 1.51. The summed E-state index contributed by atoms with van der Waals surface area (Å²) in [6, 6.07) is 12.1. The highest BCUT2D eigenvalue weighted by Crippen LogP contribution is 2.17. The van der Waals surface area contributed by atoms with E-state index >= 15 is 0 Å². The van der Waals surface area contributed by atoms with Gasteiger partial charge in [-0.3, -0.25) is 4.79 Å². The van der Waals surface area contributed by atoms with Crippen LogP contribution in [0.15, 0.2) is 51.8 Å². The number of nitrogens with one attached hydrogen (secondary N) is 1. The molecule has 0 radical (unpaired) electrons. The zero-order chi connectivity index (χ0) is 14.2. The van der Waals surface area contributed by atoms with E-state index < -0.39 is 0 Å². The largest absolute Gasteiger partial charge is 0.273 e. The average molecular weight is 304 g/mol. The summed E-state index contributed by atoms with van der Waals surface area (Å²) in [5.41, 5.74) is 3.73. The summed E-state index contributed by atoms with van der Waals surface area (Å²) in [6.45, 7) is 2.02. The van der Waals surface area contributed by atoms with Crippen LogP contribution in [0, 0.1) is 6.92 Å². The van der Waals surface area contributed by atoms with Gasteiger partial charge >= 0.3 is 0 Å². The average Bonchev–Trinajstić information content (AvgIpc) is 2.86. The molecule has 0 unspecified atom stereocenters. The number of amides is 1. The van der Waals surface area contributed by atoms with Crippen LogP contribution in [0.4, 0.5) is 0 Å². The normalized spacial score (nSPS) is 10.8. The van der Waals surface area contributed by atoms with Crippen molar-refractivity contribution in [3.63, 3.8) is 0 Å². The van der Waals surface area contributed by atoms with E-state index in [4.69, 9.17) is 0 Å². The second kappa shape index (κ2) is 7.87. The second-order valence-corrected chi connectivity index (χ2v) is 6.29. The van der Waals surface area contributed by atoms with Gasteiger partial charge in [0, 0.05) is 21.9 Å². The number of thiophene rings is 1. The maximum Gasteiger partial charge on any atom is 0.240 e. The highest BCUT2D eigenvalue weighted by molar-refractivity contribution is 7.99. The first-order valence-electron chi connectivity index (χ1n) is 6.29. The van der Waals surface area contributed by atoms with Gasteiger partial charge in [0.25, 0.3) is 0 Å². The number of benzene rings is 1. The van der Waals surface area contributed by atoms with E-state index in [-0.39, 0.29) is 5.91 Å². The Morgan fingerprint density at radius 1 is 1.35 bits per heavy atom. The van der Waals surface area contributed by atoms with Crippen molar-refractivity contribution in [2.75, 3.05) is 5.75 Å². The molecule has 5 heteroatoms. The summed E-state index contributed by atoms with van der Waals surface area (Å²) in [5, 5.41) is 5.99. The van der Waals surface area contributed by atoms with Crippen LogP contribution < -0.4 is 5.43 Å². The Kier molecular flexibility index (Phi) is 5.83. The highest BCUT2D eigenvalue weighted by atomic mass is 32.2. The Hall–Kier alpha value is -1.59. The third-order valence-electron chi connectivity index (χ3n) is 2.61. The first-order chi connectivity index (χ1) is 9.75. The zero-order valence-corrected chi connectivity index (χ0v) is 12.8. The number of rotatable bonds is 6. The minimum atomic E-state index is -0.0566. The van der Waals surface area contributed by atoms with Crippen molar-refractivity contribution in [3.05, 3.63) is 52.2 Å². The number of thioether (sulfide) groups is 1. The summed E-state index contributed by atoms with van der Waals surface area (Å²) < 4.78 is 0. The molecule has 0 atom stereocenters. The minimum absolute atomic E-state index is 0.0566. The summed E-state index contributed by atoms with van der Waals surface area (Å²) in [6.07, 6.45) is 2.16. The van der Waals surface area contributed by atoms with Crippen LogP contribution in [0.2, 0.25) is 0 Å². The van der Waals surface area contributed by atoms with Gasteiger partial charge in [-0.2, -0.15) is 5.10 Å². The summed E-state index contributed by atoms with van der Waals surface area (Å²) in [4.78, 5) is 13.9. The molecule has 0 aliphatic carbocycles. The molecule has 20 heavy (non-hydrogen) atoms. The maximum absolute atomic E-state index is 11.6. The maximum atomic E-state index is 11.6. The lowest BCUT2D eigenvalue weighted by Crippen LogP contribution is -2.17. The summed E-state index contributed by atoms with van der Waals surface area (Å²) in [7, 11) is 0. The van der Waals surface area contributed by atoms with Gasteiger partial charge < -0.3 is 0 Å². The smallest absolute Gasteiger partial charge is 0.240 e. The Labute approximate surface area is 127 Å². The number of carbonyl (C=O) groups is 1. The topological polar surface area (TPSA) is 41.5 Å². The van der Waals surface area contributed by atoms with E-state index in [0.717, 1.165) is 10.6 Å². The fraction of sp³-hybridized carbons (Fsp3) is 0.200. The van der Waals surface area contributed by atoms with Gasteiger partial charge in [-0.15, -0.1) is 23.1 Å². The first-order valence-corrected chi connectivity index (χ1v) is 8.16. The number of hydrogen-bond donors (Lipinski definition) is 1. The summed E-state index contributed by atoms with van der Waals surface area (Å²) in [5.74, 6) is 0.697. The van der Waals surface area contributed by atoms with Crippen LogP contribution >= 0.6 is 23.1 Å². The van der Waals surface area contributed by atoms with Crippen LogP contribution in [0.1, 0.15) is 16.9 Å². The number of hydrogen-bond acceptors (Lipinski definition) is 4.